The normalized spacial score (nSPS) is 11.8. The minimum Gasteiger partial charge on any atom is -0.312 e. The molecule has 4 aromatic carbocycles. The Labute approximate surface area is 229 Å². The van der Waals surface area contributed by atoms with Crippen LogP contribution in [0.5, 0.6) is 0 Å². The van der Waals surface area contributed by atoms with E-state index >= 15 is 0 Å². The molecule has 1 aromatic heterocycles. The first-order valence-corrected chi connectivity index (χ1v) is 13.6. The van der Waals surface area contributed by atoms with Crippen molar-refractivity contribution in [2.45, 2.75) is 11.4 Å². The summed E-state index contributed by atoms with van der Waals surface area (Å²) in [6.45, 7) is 0.462. The van der Waals surface area contributed by atoms with E-state index < -0.39 is 10.0 Å². The zero-order valence-electron chi connectivity index (χ0n) is 19.5. The van der Waals surface area contributed by atoms with Crippen LogP contribution in [0.1, 0.15) is 5.56 Å². The SMILES string of the molecule is Br.NS(=O)(=O)c1ccc(Cn2c(-c3ccc(-c4ccccc4)cc3)csc2=Nc2ccc(F)cc2)cc1. The molecule has 0 saturated heterocycles. The summed E-state index contributed by atoms with van der Waals surface area (Å²) in [4.78, 5) is 5.55. The lowest BCUT2D eigenvalue weighted by Crippen LogP contribution is -2.17. The lowest BCUT2D eigenvalue weighted by molar-refractivity contribution is 0.597. The van der Waals surface area contributed by atoms with E-state index in [0.717, 1.165) is 32.7 Å². The second-order valence-electron chi connectivity index (χ2n) is 8.21. The van der Waals surface area contributed by atoms with Crippen LogP contribution in [0.4, 0.5) is 10.1 Å². The van der Waals surface area contributed by atoms with Gasteiger partial charge in [0.05, 0.1) is 22.8 Å². The van der Waals surface area contributed by atoms with Gasteiger partial charge in [-0.05, 0) is 58.7 Å². The molecular formula is C28H23BrFN3O2S2. The number of rotatable bonds is 6. The maximum Gasteiger partial charge on any atom is 0.238 e. The largest absolute Gasteiger partial charge is 0.312 e. The molecule has 2 N–H and O–H groups in total. The molecule has 0 aliphatic heterocycles. The first-order chi connectivity index (χ1) is 17.4. The molecule has 0 unspecified atom stereocenters. The fourth-order valence-corrected chi connectivity index (χ4v) is 5.30. The van der Waals surface area contributed by atoms with Crippen LogP contribution in [0.15, 0.2) is 118 Å². The highest BCUT2D eigenvalue weighted by Crippen LogP contribution is 2.26. The average Bonchev–Trinajstić information content (AvgIpc) is 3.27. The van der Waals surface area contributed by atoms with Gasteiger partial charge in [0.2, 0.25) is 10.0 Å². The first kappa shape index (κ1) is 26.7. The molecule has 188 valence electrons. The Morgan fingerprint density at radius 1 is 0.784 bits per heavy atom. The lowest BCUT2D eigenvalue weighted by atomic mass is 10.0. The van der Waals surface area contributed by atoms with Gasteiger partial charge in [0.25, 0.3) is 0 Å². The highest BCUT2D eigenvalue weighted by molar-refractivity contribution is 8.93. The van der Waals surface area contributed by atoms with Gasteiger partial charge in [0.1, 0.15) is 5.82 Å². The van der Waals surface area contributed by atoms with E-state index in [-0.39, 0.29) is 27.7 Å². The topological polar surface area (TPSA) is 77.5 Å². The fourth-order valence-electron chi connectivity index (χ4n) is 3.86. The number of halogens is 2. The molecule has 0 amide bonds. The van der Waals surface area contributed by atoms with Crippen LogP contribution < -0.4 is 9.94 Å². The summed E-state index contributed by atoms with van der Waals surface area (Å²) in [6.07, 6.45) is 0. The summed E-state index contributed by atoms with van der Waals surface area (Å²) >= 11 is 1.48. The zero-order chi connectivity index (χ0) is 25.1. The molecule has 5 rings (SSSR count). The molecule has 1 heterocycles. The van der Waals surface area contributed by atoms with E-state index in [1.165, 1.54) is 35.6 Å². The zero-order valence-corrected chi connectivity index (χ0v) is 22.8. The second kappa shape index (κ2) is 11.4. The maximum atomic E-state index is 13.4. The van der Waals surface area contributed by atoms with Crippen LogP contribution in [-0.4, -0.2) is 13.0 Å². The van der Waals surface area contributed by atoms with Crippen LogP contribution in [0.3, 0.4) is 0 Å². The monoisotopic (exact) mass is 595 g/mol. The summed E-state index contributed by atoms with van der Waals surface area (Å²) in [5.41, 5.74) is 5.79. The number of hydrogen-bond acceptors (Lipinski definition) is 4. The van der Waals surface area contributed by atoms with Crippen molar-refractivity contribution < 1.29 is 12.8 Å². The van der Waals surface area contributed by atoms with E-state index in [4.69, 9.17) is 10.1 Å². The van der Waals surface area contributed by atoms with E-state index in [9.17, 15) is 12.8 Å². The quantitative estimate of drug-likeness (QED) is 0.242. The van der Waals surface area contributed by atoms with Crippen molar-refractivity contribution in [2.24, 2.45) is 10.1 Å². The van der Waals surface area contributed by atoms with Crippen molar-refractivity contribution in [3.8, 4) is 22.4 Å². The van der Waals surface area contributed by atoms with Gasteiger partial charge in [-0.1, -0.05) is 66.7 Å². The average molecular weight is 597 g/mol. The van der Waals surface area contributed by atoms with Crippen LogP contribution in [0.2, 0.25) is 0 Å². The highest BCUT2D eigenvalue weighted by atomic mass is 79.9. The molecule has 0 saturated carbocycles. The number of primary sulfonamides is 1. The second-order valence-corrected chi connectivity index (χ2v) is 10.6. The van der Waals surface area contributed by atoms with Crippen LogP contribution in [0, 0.1) is 5.82 Å². The fraction of sp³-hybridized carbons (Fsp3) is 0.0357. The van der Waals surface area contributed by atoms with E-state index in [1.807, 2.05) is 23.6 Å². The molecule has 5 aromatic rings. The summed E-state index contributed by atoms with van der Waals surface area (Å²) in [5, 5.41) is 7.29. The number of sulfonamides is 1. The van der Waals surface area contributed by atoms with E-state index in [2.05, 4.69) is 41.0 Å². The van der Waals surface area contributed by atoms with Crippen LogP contribution >= 0.6 is 28.3 Å². The third kappa shape index (κ3) is 6.31. The number of nitrogens with two attached hydrogens (primary N) is 1. The first-order valence-electron chi connectivity index (χ1n) is 11.1. The lowest BCUT2D eigenvalue weighted by Gasteiger charge is -2.11. The number of thiazole rings is 1. The van der Waals surface area contributed by atoms with E-state index in [1.54, 1.807) is 24.3 Å². The minimum atomic E-state index is -3.77. The summed E-state index contributed by atoms with van der Waals surface area (Å²) in [5.74, 6) is -0.317. The molecule has 0 spiro atoms. The van der Waals surface area contributed by atoms with Crippen molar-refractivity contribution in [2.75, 3.05) is 0 Å². The van der Waals surface area contributed by atoms with Gasteiger partial charge in [-0.15, -0.1) is 28.3 Å². The van der Waals surface area contributed by atoms with Gasteiger partial charge in [-0.25, -0.2) is 22.9 Å². The summed E-state index contributed by atoms with van der Waals surface area (Å²) < 4.78 is 38.7. The van der Waals surface area contributed by atoms with Gasteiger partial charge in [-0.2, -0.15) is 0 Å². The van der Waals surface area contributed by atoms with Gasteiger partial charge in [0, 0.05) is 5.38 Å². The molecule has 0 radical (unpaired) electrons. The Hall–Kier alpha value is -3.37. The van der Waals surface area contributed by atoms with Crippen molar-refractivity contribution in [3.63, 3.8) is 0 Å². The molecule has 5 nitrogen and oxygen atoms in total. The standard InChI is InChI=1S/C28H22FN3O2S2.BrH/c29-24-12-14-25(15-13-24)31-28-32(18-20-6-16-26(17-7-20)36(30,33)34)27(19-35-28)23-10-8-22(9-11-23)21-4-2-1-3-5-21;/h1-17,19H,18H2,(H2,30,33,34);1H. The molecule has 0 fully saturated rings. The number of nitrogens with zero attached hydrogens (tertiary/aromatic N) is 2. The minimum absolute atomic E-state index is 0. The van der Waals surface area contributed by atoms with Gasteiger partial charge >= 0.3 is 0 Å². The molecule has 37 heavy (non-hydrogen) atoms. The molecule has 9 heteroatoms. The Bertz CT molecular complexity index is 1660. The Kier molecular flexibility index (Phi) is 8.19. The van der Waals surface area contributed by atoms with E-state index in [0.29, 0.717) is 12.2 Å². The van der Waals surface area contributed by atoms with Crippen molar-refractivity contribution in [1.29, 1.82) is 0 Å². The number of hydrogen-bond donors (Lipinski definition) is 1. The van der Waals surface area contributed by atoms with Gasteiger partial charge in [0.15, 0.2) is 4.80 Å². The highest BCUT2D eigenvalue weighted by Gasteiger charge is 2.12. The maximum absolute atomic E-state index is 13.4. The molecule has 0 aliphatic rings. The number of benzene rings is 4. The van der Waals surface area contributed by atoms with Gasteiger partial charge < -0.3 is 4.57 Å². The summed E-state index contributed by atoms with van der Waals surface area (Å²) in [7, 11) is -3.77. The molecule has 0 aliphatic carbocycles. The third-order valence-corrected chi connectivity index (χ3v) is 7.52. The predicted octanol–water partition coefficient (Wildman–Crippen LogP) is 6.53. The smallest absolute Gasteiger partial charge is 0.238 e. The van der Waals surface area contributed by atoms with Crippen molar-refractivity contribution in [1.82, 2.24) is 4.57 Å². The van der Waals surface area contributed by atoms with Gasteiger partial charge in [-0.3, -0.25) is 0 Å². The third-order valence-electron chi connectivity index (χ3n) is 5.73. The molecule has 0 bridgehead atoms. The Morgan fingerprint density at radius 2 is 1.38 bits per heavy atom. The van der Waals surface area contributed by atoms with Crippen LogP contribution in [-0.2, 0) is 16.6 Å². The number of aromatic nitrogens is 1. The van der Waals surface area contributed by atoms with Crippen molar-refractivity contribution in [3.05, 3.63) is 125 Å². The summed E-state index contributed by atoms with van der Waals surface area (Å²) in [6, 6.07) is 31.0. The van der Waals surface area contributed by atoms with Crippen molar-refractivity contribution >= 4 is 44.0 Å². The Balaban J connectivity index is 0.00000320. The molecule has 0 atom stereocenters. The predicted molar refractivity (Wildman–Crippen MR) is 152 cm³/mol. The Morgan fingerprint density at radius 3 is 2.00 bits per heavy atom. The molecular weight excluding hydrogens is 573 g/mol. The van der Waals surface area contributed by atoms with Crippen LogP contribution in [0.25, 0.3) is 22.4 Å².